The minimum Gasteiger partial charge on any atom is -0.508 e. The number of aromatic hydroxyl groups is 3. The number of likely N-dealkylation sites (N-methyl/N-ethyl adjacent to an activating group) is 2. The highest BCUT2D eigenvalue weighted by Gasteiger charge is 2.30. The van der Waals surface area contributed by atoms with Gasteiger partial charge in [-0.15, -0.1) is 22.7 Å². The summed E-state index contributed by atoms with van der Waals surface area (Å²) in [5.74, 6) is 2.23. The predicted octanol–water partition coefficient (Wildman–Crippen LogP) is 11.8. The van der Waals surface area contributed by atoms with Gasteiger partial charge >= 0.3 is 6.18 Å². The zero-order chi connectivity index (χ0) is 44.7. The van der Waals surface area contributed by atoms with Crippen LogP contribution in [0.1, 0.15) is 16.8 Å². The van der Waals surface area contributed by atoms with Crippen LogP contribution in [0.25, 0.3) is 53.2 Å². The van der Waals surface area contributed by atoms with Crippen molar-refractivity contribution < 1.29 is 47.6 Å². The smallest absolute Gasteiger partial charge is 0.416 e. The first-order valence-electron chi connectivity index (χ1n) is 19.0. The number of benzene rings is 5. The van der Waals surface area contributed by atoms with E-state index in [1.807, 2.05) is 18.2 Å². The molecule has 0 aliphatic rings. The van der Waals surface area contributed by atoms with Crippen LogP contribution in [0.5, 0.6) is 40.2 Å². The lowest BCUT2D eigenvalue weighted by Gasteiger charge is -2.10. The summed E-state index contributed by atoms with van der Waals surface area (Å²) in [6.45, 7) is 0. The third-order valence-corrected chi connectivity index (χ3v) is 11.6. The van der Waals surface area contributed by atoms with Gasteiger partial charge in [0.05, 0.1) is 27.2 Å². The number of aromatic nitrogens is 1. The Kier molecular flexibility index (Phi) is 13.1. The van der Waals surface area contributed by atoms with Gasteiger partial charge in [-0.3, -0.25) is 14.6 Å². The van der Waals surface area contributed by atoms with Gasteiger partial charge in [-0.2, -0.15) is 13.2 Å². The van der Waals surface area contributed by atoms with Gasteiger partial charge in [-0.05, 0) is 126 Å². The maximum Gasteiger partial charge on any atom is 0.416 e. The molecule has 0 bridgehead atoms. The number of thiophene rings is 2. The van der Waals surface area contributed by atoms with E-state index < -0.39 is 11.7 Å². The van der Waals surface area contributed by atoms with Gasteiger partial charge < -0.3 is 35.4 Å². The molecule has 318 valence electrons. The average molecular weight is 888 g/mol. The van der Waals surface area contributed by atoms with Gasteiger partial charge in [0.25, 0.3) is 0 Å². The summed E-state index contributed by atoms with van der Waals surface area (Å²) in [4.78, 5) is 28.5. The van der Waals surface area contributed by atoms with Crippen LogP contribution in [-0.4, -0.2) is 46.2 Å². The normalized spacial score (nSPS) is 11.4. The summed E-state index contributed by atoms with van der Waals surface area (Å²) in [7, 11) is 3.11. The molecule has 0 saturated carbocycles. The Bertz CT molecular complexity index is 2960. The van der Waals surface area contributed by atoms with Gasteiger partial charge in [0.2, 0.25) is 11.8 Å². The largest absolute Gasteiger partial charge is 0.508 e. The third-order valence-electron chi connectivity index (χ3n) is 9.26. The second kappa shape index (κ2) is 19.0. The van der Waals surface area contributed by atoms with Gasteiger partial charge in [-0.25, -0.2) is 0 Å². The number of amides is 2. The molecule has 0 radical (unpaired) electrons. The number of phenolic OH excluding ortho intramolecular Hbond substituents is 3. The van der Waals surface area contributed by atoms with Crippen LogP contribution in [-0.2, 0) is 15.8 Å². The van der Waals surface area contributed by atoms with Crippen molar-refractivity contribution in [3.8, 4) is 61.1 Å². The lowest BCUT2D eigenvalue weighted by molar-refractivity contribution is -0.137. The van der Waals surface area contributed by atoms with E-state index in [-0.39, 0.29) is 29.1 Å². The zero-order valence-electron chi connectivity index (χ0n) is 33.3. The van der Waals surface area contributed by atoms with Crippen molar-refractivity contribution in [3.63, 3.8) is 0 Å². The molecule has 8 aromatic rings. The number of carbonyl (C=O) groups is 2. The summed E-state index contributed by atoms with van der Waals surface area (Å²) in [5, 5.41) is 35.9. The number of phenols is 3. The third kappa shape index (κ3) is 10.6. The standard InChI is InChI=1S/C25H18F3NO3S.C23H18N2O4S/c1-29-22(31)13-4-15-2-10-19(11-3-15)32-23-20-12-9-18(30)14-21(20)33-24(23)16-5-7-17(8-6-16)25(26,27)28;1-24-21(28)11-5-15-4-9-18(13-25-15)29-22-19-10-8-17(27)12-20(19)30-23(22)14-2-6-16(26)7-3-14/h2-14,30H,1H3,(H,29,31);2-13,26-27H,1H3,(H,24,28)/b13-4+;11-5+. The number of nitrogens with zero attached hydrogens (tertiary/aromatic N) is 1. The molecule has 5 N–H and O–H groups in total. The second-order valence-corrected chi connectivity index (χ2v) is 15.7. The summed E-state index contributed by atoms with van der Waals surface area (Å²) in [6, 6.07) is 32.3. The first-order chi connectivity index (χ1) is 30.3. The molecular formula is C48H36F3N3O7S2. The molecular weight excluding hydrogens is 852 g/mol. The molecule has 5 aromatic carbocycles. The number of halogens is 3. The first kappa shape index (κ1) is 43.5. The molecule has 0 aliphatic carbocycles. The molecule has 3 aromatic heterocycles. The molecule has 0 spiro atoms. The fraction of sp³-hybridized carbons (Fsp3) is 0.0625. The Morgan fingerprint density at radius 2 is 1.08 bits per heavy atom. The number of rotatable bonds is 10. The lowest BCUT2D eigenvalue weighted by atomic mass is 10.1. The molecule has 3 heterocycles. The number of fused-ring (bicyclic) bond motifs is 2. The quantitative estimate of drug-likeness (QED) is 0.0852. The summed E-state index contributed by atoms with van der Waals surface area (Å²) < 4.78 is 52.9. The average Bonchev–Trinajstić information content (AvgIpc) is 3.82. The van der Waals surface area contributed by atoms with Gasteiger partial charge in [0.15, 0.2) is 11.5 Å². The second-order valence-electron chi connectivity index (χ2n) is 13.6. The molecule has 10 nitrogen and oxygen atoms in total. The first-order valence-corrected chi connectivity index (χ1v) is 20.6. The van der Waals surface area contributed by atoms with Crippen LogP contribution in [0, 0.1) is 0 Å². The van der Waals surface area contributed by atoms with Crippen LogP contribution in [0.15, 0.2) is 140 Å². The van der Waals surface area contributed by atoms with Crippen LogP contribution in [0.2, 0.25) is 0 Å². The molecule has 2 amide bonds. The number of carbonyl (C=O) groups excluding carboxylic acids is 2. The van der Waals surface area contributed by atoms with Crippen LogP contribution >= 0.6 is 22.7 Å². The van der Waals surface area contributed by atoms with E-state index in [0.29, 0.717) is 39.1 Å². The Balaban J connectivity index is 0.000000190. The minimum absolute atomic E-state index is 0.0847. The summed E-state index contributed by atoms with van der Waals surface area (Å²) in [6.07, 6.45) is 3.28. The number of pyridine rings is 1. The highest BCUT2D eigenvalue weighted by molar-refractivity contribution is 7.23. The fourth-order valence-corrected chi connectivity index (χ4v) is 8.40. The van der Waals surface area contributed by atoms with Crippen molar-refractivity contribution in [2.45, 2.75) is 6.18 Å². The molecule has 0 fully saturated rings. The molecule has 15 heteroatoms. The number of hydrogen-bond donors (Lipinski definition) is 5. The number of ether oxygens (including phenoxy) is 2. The van der Waals surface area contributed by atoms with Crippen molar-refractivity contribution in [1.29, 1.82) is 0 Å². The molecule has 0 aliphatic heterocycles. The Hall–Kier alpha value is -7.62. The zero-order valence-corrected chi connectivity index (χ0v) is 34.9. The van der Waals surface area contributed by atoms with Gasteiger partial charge in [-0.1, -0.05) is 24.3 Å². The van der Waals surface area contributed by atoms with E-state index in [4.69, 9.17) is 9.47 Å². The van der Waals surface area contributed by atoms with Crippen molar-refractivity contribution in [2.75, 3.05) is 14.1 Å². The summed E-state index contributed by atoms with van der Waals surface area (Å²) in [5.41, 5.74) is 2.16. The highest BCUT2D eigenvalue weighted by atomic mass is 32.1. The molecule has 0 atom stereocenters. The van der Waals surface area contributed by atoms with E-state index in [2.05, 4.69) is 15.6 Å². The molecule has 8 rings (SSSR count). The number of alkyl halides is 3. The monoisotopic (exact) mass is 887 g/mol. The Labute approximate surface area is 366 Å². The van der Waals surface area contributed by atoms with Crippen molar-refractivity contribution in [2.24, 2.45) is 0 Å². The van der Waals surface area contributed by atoms with E-state index in [0.717, 1.165) is 48.3 Å². The molecule has 0 unspecified atom stereocenters. The fourth-order valence-electron chi connectivity index (χ4n) is 6.06. The van der Waals surface area contributed by atoms with Gasteiger partial charge in [0.1, 0.15) is 28.7 Å². The molecule has 0 saturated heterocycles. The maximum absolute atomic E-state index is 13.0. The van der Waals surface area contributed by atoms with E-state index in [1.165, 1.54) is 53.0 Å². The SMILES string of the molecule is CNC(=O)/C=C/c1ccc(Oc2c(-c3ccc(C(F)(F)F)cc3)sc3cc(O)ccc23)cc1.CNC(=O)/C=C/c1ccc(Oc2c(-c3ccc(O)cc3)sc3cc(O)ccc23)cn1. The predicted molar refractivity (Wildman–Crippen MR) is 242 cm³/mol. The maximum atomic E-state index is 13.0. The Morgan fingerprint density at radius 3 is 1.57 bits per heavy atom. The van der Waals surface area contributed by atoms with E-state index in [1.54, 1.807) is 105 Å². The molecule has 63 heavy (non-hydrogen) atoms. The van der Waals surface area contributed by atoms with E-state index in [9.17, 15) is 38.1 Å². The van der Waals surface area contributed by atoms with Crippen LogP contribution in [0.4, 0.5) is 13.2 Å². The van der Waals surface area contributed by atoms with Crippen molar-refractivity contribution >= 4 is 66.8 Å². The highest BCUT2D eigenvalue weighted by Crippen LogP contribution is 2.49. The lowest BCUT2D eigenvalue weighted by Crippen LogP contribution is -2.13. The van der Waals surface area contributed by atoms with Crippen molar-refractivity contribution in [1.82, 2.24) is 15.6 Å². The summed E-state index contributed by atoms with van der Waals surface area (Å²) >= 11 is 2.81. The van der Waals surface area contributed by atoms with Gasteiger partial charge in [0, 0.05) is 46.4 Å². The number of hydrogen-bond acceptors (Lipinski definition) is 10. The van der Waals surface area contributed by atoms with Crippen LogP contribution < -0.4 is 20.1 Å². The Morgan fingerprint density at radius 1 is 0.603 bits per heavy atom. The topological polar surface area (TPSA) is 150 Å². The van der Waals surface area contributed by atoms with E-state index >= 15 is 0 Å². The number of nitrogens with one attached hydrogen (secondary N) is 2. The minimum atomic E-state index is -4.42. The van der Waals surface area contributed by atoms with Crippen LogP contribution in [0.3, 0.4) is 0 Å². The van der Waals surface area contributed by atoms with Crippen molar-refractivity contribution in [3.05, 3.63) is 156 Å².